The van der Waals surface area contributed by atoms with Gasteiger partial charge in [-0.05, 0) is 12.5 Å². The number of hydrogen-bond acceptors (Lipinski definition) is 3. The number of amides is 2. The number of likely N-dealkylation sites (tertiary alicyclic amines) is 1. The molecule has 1 aliphatic heterocycles. The zero-order valence-electron chi connectivity index (χ0n) is 10.6. The fourth-order valence-electron chi connectivity index (χ4n) is 1.94. The van der Waals surface area contributed by atoms with Gasteiger partial charge in [0.15, 0.2) is 0 Å². The summed E-state index contributed by atoms with van der Waals surface area (Å²) in [6, 6.07) is 5.58. The molecule has 1 saturated heterocycles. The van der Waals surface area contributed by atoms with Crippen LogP contribution in [0.15, 0.2) is 24.4 Å². The van der Waals surface area contributed by atoms with Crippen LogP contribution in [-0.4, -0.2) is 41.7 Å². The predicted molar refractivity (Wildman–Crippen MR) is 68.5 cm³/mol. The van der Waals surface area contributed by atoms with Gasteiger partial charge in [0.2, 0.25) is 5.88 Å². The largest absolute Gasteiger partial charge is 0.472 e. The van der Waals surface area contributed by atoms with Crippen LogP contribution >= 0.6 is 0 Å². The Hall–Kier alpha value is -1.78. The van der Waals surface area contributed by atoms with E-state index in [0.29, 0.717) is 12.4 Å². The SMILES string of the molecule is CCCNC(=O)N1CCC(Oc2ccccn2)C1. The molecule has 1 N–H and O–H groups in total. The van der Waals surface area contributed by atoms with Gasteiger partial charge in [-0.25, -0.2) is 9.78 Å². The van der Waals surface area contributed by atoms with Crippen molar-refractivity contribution in [3.63, 3.8) is 0 Å². The Morgan fingerprint density at radius 1 is 1.61 bits per heavy atom. The highest BCUT2D eigenvalue weighted by molar-refractivity contribution is 5.74. The van der Waals surface area contributed by atoms with E-state index in [4.69, 9.17) is 4.74 Å². The number of rotatable bonds is 4. The third kappa shape index (κ3) is 3.35. The van der Waals surface area contributed by atoms with Crippen LogP contribution < -0.4 is 10.1 Å². The zero-order chi connectivity index (χ0) is 12.8. The summed E-state index contributed by atoms with van der Waals surface area (Å²) in [5.74, 6) is 0.623. The molecule has 0 radical (unpaired) electrons. The highest BCUT2D eigenvalue weighted by Gasteiger charge is 2.27. The summed E-state index contributed by atoms with van der Waals surface area (Å²) < 4.78 is 5.73. The Morgan fingerprint density at radius 2 is 2.50 bits per heavy atom. The molecule has 1 aliphatic rings. The standard InChI is InChI=1S/C13H19N3O2/c1-2-7-15-13(17)16-9-6-11(10-16)18-12-5-3-4-8-14-12/h3-5,8,11H,2,6-7,9-10H2,1H3,(H,15,17). The Labute approximate surface area is 107 Å². The van der Waals surface area contributed by atoms with Gasteiger partial charge in [0.25, 0.3) is 0 Å². The first-order chi connectivity index (χ1) is 8.79. The maximum absolute atomic E-state index is 11.7. The van der Waals surface area contributed by atoms with Gasteiger partial charge in [0, 0.05) is 31.8 Å². The summed E-state index contributed by atoms with van der Waals surface area (Å²) in [6.07, 6.45) is 3.56. The van der Waals surface area contributed by atoms with Crippen LogP contribution in [-0.2, 0) is 0 Å². The number of carbonyl (C=O) groups is 1. The molecule has 2 rings (SSSR count). The average molecular weight is 249 g/mol. The average Bonchev–Trinajstić information content (AvgIpc) is 2.86. The minimum Gasteiger partial charge on any atom is -0.472 e. The Kier molecular flexibility index (Phi) is 4.39. The van der Waals surface area contributed by atoms with Crippen molar-refractivity contribution in [2.24, 2.45) is 0 Å². The fourth-order valence-corrected chi connectivity index (χ4v) is 1.94. The highest BCUT2D eigenvalue weighted by atomic mass is 16.5. The molecule has 1 aromatic heterocycles. The third-order valence-electron chi connectivity index (χ3n) is 2.88. The molecule has 0 bridgehead atoms. The van der Waals surface area contributed by atoms with E-state index < -0.39 is 0 Å². The summed E-state index contributed by atoms with van der Waals surface area (Å²) in [5, 5.41) is 2.87. The van der Waals surface area contributed by atoms with Crippen LogP contribution in [0, 0.1) is 0 Å². The van der Waals surface area contributed by atoms with Crippen molar-refractivity contribution in [1.82, 2.24) is 15.2 Å². The number of urea groups is 1. The summed E-state index contributed by atoms with van der Waals surface area (Å²) in [4.78, 5) is 17.7. The second kappa shape index (κ2) is 6.23. The lowest BCUT2D eigenvalue weighted by atomic mass is 10.3. The molecule has 5 nitrogen and oxygen atoms in total. The van der Waals surface area contributed by atoms with Crippen LogP contribution in [0.3, 0.4) is 0 Å². The Morgan fingerprint density at radius 3 is 3.22 bits per heavy atom. The molecule has 0 aromatic carbocycles. The Bertz CT molecular complexity index is 383. The number of aromatic nitrogens is 1. The summed E-state index contributed by atoms with van der Waals surface area (Å²) in [5.41, 5.74) is 0. The van der Waals surface area contributed by atoms with E-state index >= 15 is 0 Å². The van der Waals surface area contributed by atoms with Crippen molar-refractivity contribution in [1.29, 1.82) is 0 Å². The molecule has 98 valence electrons. The van der Waals surface area contributed by atoms with Gasteiger partial charge < -0.3 is 15.0 Å². The first-order valence-electron chi connectivity index (χ1n) is 6.40. The van der Waals surface area contributed by atoms with Crippen molar-refractivity contribution in [2.45, 2.75) is 25.9 Å². The smallest absolute Gasteiger partial charge is 0.317 e. The quantitative estimate of drug-likeness (QED) is 0.882. The predicted octanol–water partition coefficient (Wildman–Crippen LogP) is 1.65. The van der Waals surface area contributed by atoms with Crippen LogP contribution in [0.2, 0.25) is 0 Å². The van der Waals surface area contributed by atoms with E-state index in [2.05, 4.69) is 10.3 Å². The monoisotopic (exact) mass is 249 g/mol. The molecular formula is C13H19N3O2. The summed E-state index contributed by atoms with van der Waals surface area (Å²) >= 11 is 0. The second-order valence-electron chi connectivity index (χ2n) is 4.37. The number of hydrogen-bond donors (Lipinski definition) is 1. The van der Waals surface area contributed by atoms with Crippen molar-refractivity contribution in [2.75, 3.05) is 19.6 Å². The van der Waals surface area contributed by atoms with Gasteiger partial charge >= 0.3 is 6.03 Å². The van der Waals surface area contributed by atoms with Crippen molar-refractivity contribution in [3.05, 3.63) is 24.4 Å². The van der Waals surface area contributed by atoms with Crippen molar-refractivity contribution in [3.8, 4) is 5.88 Å². The van der Waals surface area contributed by atoms with Crippen LogP contribution in [0.1, 0.15) is 19.8 Å². The highest BCUT2D eigenvalue weighted by Crippen LogP contribution is 2.15. The first-order valence-corrected chi connectivity index (χ1v) is 6.40. The number of carbonyl (C=O) groups excluding carboxylic acids is 1. The number of nitrogens with one attached hydrogen (secondary N) is 1. The lowest BCUT2D eigenvalue weighted by molar-refractivity contribution is 0.183. The third-order valence-corrected chi connectivity index (χ3v) is 2.88. The molecule has 1 fully saturated rings. The maximum Gasteiger partial charge on any atom is 0.317 e. The van der Waals surface area contributed by atoms with Gasteiger partial charge in [-0.2, -0.15) is 0 Å². The fraction of sp³-hybridized carbons (Fsp3) is 0.538. The summed E-state index contributed by atoms with van der Waals surface area (Å²) in [7, 11) is 0. The van der Waals surface area contributed by atoms with Gasteiger partial charge in [-0.3, -0.25) is 0 Å². The maximum atomic E-state index is 11.7. The van der Waals surface area contributed by atoms with E-state index in [-0.39, 0.29) is 12.1 Å². The summed E-state index contributed by atoms with van der Waals surface area (Å²) in [6.45, 7) is 4.14. The van der Waals surface area contributed by atoms with Crippen LogP contribution in [0.5, 0.6) is 5.88 Å². The number of pyridine rings is 1. The molecule has 2 amide bonds. The first kappa shape index (κ1) is 12.7. The lowest BCUT2D eigenvalue weighted by Crippen LogP contribution is -2.39. The second-order valence-corrected chi connectivity index (χ2v) is 4.37. The molecule has 0 spiro atoms. The molecule has 0 aliphatic carbocycles. The van der Waals surface area contributed by atoms with Crippen LogP contribution in [0.4, 0.5) is 4.79 Å². The van der Waals surface area contributed by atoms with E-state index in [0.717, 1.165) is 25.9 Å². The van der Waals surface area contributed by atoms with Crippen molar-refractivity contribution < 1.29 is 9.53 Å². The molecular weight excluding hydrogens is 230 g/mol. The van der Waals surface area contributed by atoms with Gasteiger partial charge in [-0.15, -0.1) is 0 Å². The van der Waals surface area contributed by atoms with E-state index in [1.54, 1.807) is 11.1 Å². The minimum atomic E-state index is 0.00368. The molecule has 1 atom stereocenters. The molecule has 1 unspecified atom stereocenters. The number of ether oxygens (including phenoxy) is 1. The molecule has 18 heavy (non-hydrogen) atoms. The zero-order valence-corrected chi connectivity index (χ0v) is 10.6. The molecule has 1 aromatic rings. The number of nitrogens with zero attached hydrogens (tertiary/aromatic N) is 2. The van der Waals surface area contributed by atoms with Gasteiger partial charge in [0.1, 0.15) is 6.10 Å². The Balaban J connectivity index is 1.80. The van der Waals surface area contributed by atoms with Crippen LogP contribution in [0.25, 0.3) is 0 Å². The minimum absolute atomic E-state index is 0.00368. The van der Waals surface area contributed by atoms with Crippen molar-refractivity contribution >= 4 is 6.03 Å². The normalized spacial score (nSPS) is 18.7. The molecule has 5 heteroatoms. The van der Waals surface area contributed by atoms with Gasteiger partial charge in [-0.1, -0.05) is 13.0 Å². The molecule has 2 heterocycles. The van der Waals surface area contributed by atoms with E-state index in [1.165, 1.54) is 0 Å². The lowest BCUT2D eigenvalue weighted by Gasteiger charge is -2.17. The van der Waals surface area contributed by atoms with E-state index in [1.807, 2.05) is 25.1 Å². The van der Waals surface area contributed by atoms with Gasteiger partial charge in [0.05, 0.1) is 6.54 Å². The molecule has 0 saturated carbocycles. The van der Waals surface area contributed by atoms with E-state index in [9.17, 15) is 4.79 Å². The topological polar surface area (TPSA) is 54.5 Å².